The van der Waals surface area contributed by atoms with Gasteiger partial charge in [-0.15, -0.1) is 0 Å². The van der Waals surface area contributed by atoms with Gasteiger partial charge in [-0.3, -0.25) is 0 Å². The second-order valence-electron chi connectivity index (χ2n) is 4.77. The molecule has 0 radical (unpaired) electrons. The Morgan fingerprint density at radius 1 is 1.32 bits per heavy atom. The van der Waals surface area contributed by atoms with Crippen LogP contribution in [-0.2, 0) is 9.84 Å². The van der Waals surface area contributed by atoms with Crippen LogP contribution in [0.4, 0.5) is 11.4 Å². The van der Waals surface area contributed by atoms with Gasteiger partial charge in [0.05, 0.1) is 21.9 Å². The van der Waals surface area contributed by atoms with E-state index in [-0.39, 0.29) is 10.6 Å². The fraction of sp³-hybridized carbons (Fsp3) is 0.538. The second kappa shape index (κ2) is 5.79. The Hall–Kier alpha value is -1.27. The van der Waals surface area contributed by atoms with Gasteiger partial charge in [0.25, 0.3) is 0 Å². The molecule has 19 heavy (non-hydrogen) atoms. The zero-order valence-corrected chi connectivity index (χ0v) is 12.4. The molecule has 4 N–H and O–H groups in total. The first-order chi connectivity index (χ1) is 8.73. The molecule has 0 aliphatic carbocycles. The molecular formula is C13H22N2O3S. The third-order valence-corrected chi connectivity index (χ3v) is 4.54. The van der Waals surface area contributed by atoms with Crippen molar-refractivity contribution in [3.63, 3.8) is 0 Å². The van der Waals surface area contributed by atoms with Crippen molar-refractivity contribution >= 4 is 21.2 Å². The number of benzene rings is 1. The average Bonchev–Trinajstić information content (AvgIpc) is 2.36. The van der Waals surface area contributed by atoms with Crippen LogP contribution in [0, 0.1) is 0 Å². The summed E-state index contributed by atoms with van der Waals surface area (Å²) < 4.78 is 23.1. The summed E-state index contributed by atoms with van der Waals surface area (Å²) in [4.78, 5) is 0.106. The zero-order chi connectivity index (χ0) is 14.7. The highest BCUT2D eigenvalue weighted by Crippen LogP contribution is 2.27. The van der Waals surface area contributed by atoms with E-state index in [2.05, 4.69) is 5.32 Å². The topological polar surface area (TPSA) is 92.4 Å². The highest BCUT2D eigenvalue weighted by atomic mass is 32.2. The first-order valence-electron chi connectivity index (χ1n) is 6.28. The number of anilines is 2. The van der Waals surface area contributed by atoms with Crippen LogP contribution < -0.4 is 11.1 Å². The summed E-state index contributed by atoms with van der Waals surface area (Å²) >= 11 is 0. The Balaban J connectivity index is 2.98. The van der Waals surface area contributed by atoms with Crippen molar-refractivity contribution in [2.45, 2.75) is 37.2 Å². The maximum atomic E-state index is 11.6. The first kappa shape index (κ1) is 15.8. The fourth-order valence-electron chi connectivity index (χ4n) is 1.78. The van der Waals surface area contributed by atoms with Gasteiger partial charge >= 0.3 is 0 Å². The van der Waals surface area contributed by atoms with Crippen molar-refractivity contribution < 1.29 is 13.5 Å². The lowest BCUT2D eigenvalue weighted by atomic mass is 9.97. The van der Waals surface area contributed by atoms with Crippen LogP contribution in [0.5, 0.6) is 0 Å². The van der Waals surface area contributed by atoms with Crippen LogP contribution in [0.3, 0.4) is 0 Å². The van der Waals surface area contributed by atoms with Crippen molar-refractivity contribution in [1.29, 1.82) is 0 Å². The van der Waals surface area contributed by atoms with Gasteiger partial charge in [-0.05, 0) is 25.0 Å². The number of para-hydroxylation sites is 1. The second-order valence-corrected chi connectivity index (χ2v) is 6.76. The van der Waals surface area contributed by atoms with Gasteiger partial charge in [-0.2, -0.15) is 0 Å². The van der Waals surface area contributed by atoms with E-state index in [9.17, 15) is 13.5 Å². The predicted octanol–water partition coefficient (Wildman–Crippen LogP) is 1.64. The van der Waals surface area contributed by atoms with E-state index in [0.717, 1.165) is 6.26 Å². The van der Waals surface area contributed by atoms with Gasteiger partial charge in [0.15, 0.2) is 9.84 Å². The number of rotatable bonds is 6. The molecule has 0 atom stereocenters. The van der Waals surface area contributed by atoms with Crippen molar-refractivity contribution in [2.24, 2.45) is 0 Å². The summed E-state index contributed by atoms with van der Waals surface area (Å²) in [6.45, 7) is 4.14. The van der Waals surface area contributed by atoms with E-state index < -0.39 is 15.4 Å². The van der Waals surface area contributed by atoms with Gasteiger partial charge < -0.3 is 16.2 Å². The number of sulfone groups is 1. The minimum absolute atomic E-state index is 0.106. The Morgan fingerprint density at radius 2 is 1.89 bits per heavy atom. The third kappa shape index (κ3) is 3.84. The SMILES string of the molecule is CCC(O)(CC)CNc1cccc(S(C)(=O)=O)c1N. The molecule has 0 heterocycles. The summed E-state index contributed by atoms with van der Waals surface area (Å²) in [5, 5.41) is 13.2. The van der Waals surface area contributed by atoms with Gasteiger partial charge in [0, 0.05) is 12.8 Å². The van der Waals surface area contributed by atoms with Crippen molar-refractivity contribution in [3.8, 4) is 0 Å². The van der Waals surface area contributed by atoms with Crippen LogP contribution >= 0.6 is 0 Å². The molecule has 0 saturated carbocycles. The number of hydrogen-bond acceptors (Lipinski definition) is 5. The molecule has 0 spiro atoms. The number of nitrogen functional groups attached to an aromatic ring is 1. The standard InChI is InChI=1S/C13H22N2O3S/c1-4-13(16,5-2)9-15-10-7-6-8-11(12(10)14)19(3,17)18/h6-8,15-16H,4-5,9,14H2,1-3H3. The zero-order valence-electron chi connectivity index (χ0n) is 11.6. The highest BCUT2D eigenvalue weighted by molar-refractivity contribution is 7.90. The number of nitrogens with one attached hydrogen (secondary N) is 1. The summed E-state index contributed by atoms with van der Waals surface area (Å²) in [7, 11) is -3.35. The van der Waals surface area contributed by atoms with E-state index in [4.69, 9.17) is 5.73 Å². The molecule has 0 aliphatic rings. The fourth-order valence-corrected chi connectivity index (χ4v) is 2.62. The molecule has 5 nitrogen and oxygen atoms in total. The molecule has 0 aliphatic heterocycles. The van der Waals surface area contributed by atoms with E-state index in [1.54, 1.807) is 12.1 Å². The van der Waals surface area contributed by atoms with E-state index in [0.29, 0.717) is 25.1 Å². The van der Waals surface area contributed by atoms with Gasteiger partial charge in [-0.1, -0.05) is 19.9 Å². The minimum Gasteiger partial charge on any atom is -0.396 e. The van der Waals surface area contributed by atoms with Crippen LogP contribution in [0.15, 0.2) is 23.1 Å². The van der Waals surface area contributed by atoms with Crippen LogP contribution in [0.1, 0.15) is 26.7 Å². The Kier molecular flexibility index (Phi) is 4.81. The van der Waals surface area contributed by atoms with Gasteiger partial charge in [-0.25, -0.2) is 8.42 Å². The van der Waals surface area contributed by atoms with Crippen molar-refractivity contribution in [1.82, 2.24) is 0 Å². The molecule has 1 aromatic rings. The summed E-state index contributed by atoms with van der Waals surface area (Å²) in [6.07, 6.45) is 2.35. The molecule has 0 unspecified atom stereocenters. The van der Waals surface area contributed by atoms with E-state index >= 15 is 0 Å². The molecule has 1 rings (SSSR count). The Morgan fingerprint density at radius 3 is 2.37 bits per heavy atom. The third-order valence-electron chi connectivity index (χ3n) is 3.39. The molecule has 108 valence electrons. The number of hydrogen-bond donors (Lipinski definition) is 3. The number of nitrogens with two attached hydrogens (primary N) is 1. The van der Waals surface area contributed by atoms with Gasteiger partial charge in [0.2, 0.25) is 0 Å². The van der Waals surface area contributed by atoms with E-state index in [1.165, 1.54) is 6.07 Å². The maximum absolute atomic E-state index is 11.6. The monoisotopic (exact) mass is 286 g/mol. The van der Waals surface area contributed by atoms with Crippen molar-refractivity contribution in [2.75, 3.05) is 23.9 Å². The van der Waals surface area contributed by atoms with E-state index in [1.807, 2.05) is 13.8 Å². The molecule has 0 amide bonds. The molecule has 0 aromatic heterocycles. The highest BCUT2D eigenvalue weighted by Gasteiger charge is 2.22. The lowest BCUT2D eigenvalue weighted by Gasteiger charge is -2.26. The summed E-state index contributed by atoms with van der Waals surface area (Å²) in [5.74, 6) is 0. The normalized spacial score (nSPS) is 12.4. The molecule has 0 saturated heterocycles. The molecular weight excluding hydrogens is 264 g/mol. The minimum atomic E-state index is -3.35. The average molecular weight is 286 g/mol. The summed E-state index contributed by atoms with van der Waals surface area (Å²) in [6, 6.07) is 4.81. The molecule has 0 fully saturated rings. The quantitative estimate of drug-likeness (QED) is 0.691. The van der Waals surface area contributed by atoms with Crippen LogP contribution in [0.25, 0.3) is 0 Å². The number of aliphatic hydroxyl groups is 1. The molecule has 1 aromatic carbocycles. The van der Waals surface area contributed by atoms with Gasteiger partial charge in [0.1, 0.15) is 0 Å². The Bertz CT molecular complexity index is 537. The first-order valence-corrected chi connectivity index (χ1v) is 8.17. The molecule has 6 heteroatoms. The smallest absolute Gasteiger partial charge is 0.177 e. The van der Waals surface area contributed by atoms with Crippen molar-refractivity contribution in [3.05, 3.63) is 18.2 Å². The van der Waals surface area contributed by atoms with Crippen LogP contribution in [0.2, 0.25) is 0 Å². The predicted molar refractivity (Wildman–Crippen MR) is 78.0 cm³/mol. The van der Waals surface area contributed by atoms with Crippen LogP contribution in [-0.4, -0.2) is 31.9 Å². The maximum Gasteiger partial charge on any atom is 0.177 e. The molecule has 0 bridgehead atoms. The Labute approximate surface area is 114 Å². The lowest BCUT2D eigenvalue weighted by molar-refractivity contribution is 0.0457. The largest absolute Gasteiger partial charge is 0.396 e. The lowest BCUT2D eigenvalue weighted by Crippen LogP contribution is -2.35. The summed E-state index contributed by atoms with van der Waals surface area (Å²) in [5.41, 5.74) is 5.77.